The zero-order chi connectivity index (χ0) is 13.9. The highest BCUT2D eigenvalue weighted by Gasteiger charge is 2.09. The molecule has 100 valence electrons. The molecule has 20 heavy (non-hydrogen) atoms. The maximum Gasteiger partial charge on any atom is 0.270 e. The molecule has 5 heteroatoms. The van der Waals surface area contributed by atoms with E-state index in [9.17, 15) is 4.79 Å². The third kappa shape index (κ3) is 2.38. The first-order chi connectivity index (χ1) is 9.74. The first-order valence-electron chi connectivity index (χ1n) is 6.34. The van der Waals surface area contributed by atoms with E-state index in [1.165, 1.54) is 0 Å². The molecule has 5 nitrogen and oxygen atoms in total. The number of para-hydroxylation sites is 1. The summed E-state index contributed by atoms with van der Waals surface area (Å²) in [6.07, 6.45) is 3.55. The minimum Gasteiger partial charge on any atom is -0.343 e. The summed E-state index contributed by atoms with van der Waals surface area (Å²) in [5.41, 5.74) is 1.23. The van der Waals surface area contributed by atoms with Crippen molar-refractivity contribution < 1.29 is 4.79 Å². The van der Waals surface area contributed by atoms with Crippen LogP contribution in [0.1, 0.15) is 16.3 Å². The standard InChI is InChI=1S/C15H14N4O/c1-19-9-8-16-14(19)10-17-15(20)13-7-6-11-4-2-3-5-12(11)18-13/h2-9H,10H2,1H3,(H,17,20). The maximum absolute atomic E-state index is 12.1. The average molecular weight is 266 g/mol. The second kappa shape index (κ2) is 5.13. The molecule has 0 saturated carbocycles. The fourth-order valence-electron chi connectivity index (χ4n) is 2.01. The number of hydrogen-bond donors (Lipinski definition) is 1. The molecular formula is C15H14N4O. The lowest BCUT2D eigenvalue weighted by Crippen LogP contribution is -2.25. The Morgan fingerprint density at radius 2 is 2.10 bits per heavy atom. The Kier molecular flexibility index (Phi) is 3.16. The molecule has 1 N–H and O–H groups in total. The number of nitrogens with zero attached hydrogens (tertiary/aromatic N) is 3. The summed E-state index contributed by atoms with van der Waals surface area (Å²) >= 11 is 0. The van der Waals surface area contributed by atoms with Crippen molar-refractivity contribution in [1.29, 1.82) is 0 Å². The summed E-state index contributed by atoms with van der Waals surface area (Å²) in [5.74, 6) is 0.609. The predicted octanol–water partition coefficient (Wildman–Crippen LogP) is 1.90. The molecule has 0 fully saturated rings. The van der Waals surface area contributed by atoms with Gasteiger partial charge >= 0.3 is 0 Å². The van der Waals surface area contributed by atoms with E-state index < -0.39 is 0 Å². The Balaban J connectivity index is 1.77. The van der Waals surface area contributed by atoms with Crippen LogP contribution >= 0.6 is 0 Å². The lowest BCUT2D eigenvalue weighted by Gasteiger charge is -2.05. The van der Waals surface area contributed by atoms with Crippen LogP contribution in [-0.4, -0.2) is 20.4 Å². The molecular weight excluding hydrogens is 252 g/mol. The lowest BCUT2D eigenvalue weighted by molar-refractivity contribution is 0.0945. The number of fused-ring (bicyclic) bond motifs is 1. The first-order valence-corrected chi connectivity index (χ1v) is 6.34. The van der Waals surface area contributed by atoms with Gasteiger partial charge in [-0.3, -0.25) is 4.79 Å². The van der Waals surface area contributed by atoms with Crippen molar-refractivity contribution in [2.75, 3.05) is 0 Å². The van der Waals surface area contributed by atoms with Gasteiger partial charge < -0.3 is 9.88 Å². The van der Waals surface area contributed by atoms with Gasteiger partial charge in [-0.05, 0) is 12.1 Å². The Hall–Kier alpha value is -2.69. The van der Waals surface area contributed by atoms with E-state index in [1.807, 2.05) is 48.1 Å². The first kappa shape index (κ1) is 12.3. The molecule has 0 aliphatic heterocycles. The monoisotopic (exact) mass is 266 g/mol. The van der Waals surface area contributed by atoms with Crippen LogP contribution in [0.2, 0.25) is 0 Å². The summed E-state index contributed by atoms with van der Waals surface area (Å²) in [5, 5.41) is 3.84. The van der Waals surface area contributed by atoms with E-state index in [0.29, 0.717) is 12.2 Å². The number of carbonyl (C=O) groups is 1. The van der Waals surface area contributed by atoms with Crippen LogP contribution in [0.25, 0.3) is 10.9 Å². The van der Waals surface area contributed by atoms with Gasteiger partial charge in [0.1, 0.15) is 11.5 Å². The summed E-state index contributed by atoms with van der Waals surface area (Å²) in [6, 6.07) is 11.4. The van der Waals surface area contributed by atoms with Crippen molar-refractivity contribution in [3.63, 3.8) is 0 Å². The highest BCUT2D eigenvalue weighted by atomic mass is 16.1. The number of aromatic nitrogens is 3. The van der Waals surface area contributed by atoms with Gasteiger partial charge in [-0.2, -0.15) is 0 Å². The number of aryl methyl sites for hydroxylation is 1. The van der Waals surface area contributed by atoms with Gasteiger partial charge in [0.2, 0.25) is 0 Å². The normalized spacial score (nSPS) is 10.7. The van der Waals surface area contributed by atoms with E-state index in [-0.39, 0.29) is 5.91 Å². The molecule has 0 saturated heterocycles. The van der Waals surface area contributed by atoms with Crippen molar-refractivity contribution in [3.8, 4) is 0 Å². The summed E-state index contributed by atoms with van der Waals surface area (Å²) in [7, 11) is 1.89. The van der Waals surface area contributed by atoms with Crippen molar-refractivity contribution in [3.05, 3.63) is 60.3 Å². The van der Waals surface area contributed by atoms with Crippen LogP contribution in [0.5, 0.6) is 0 Å². The van der Waals surface area contributed by atoms with Crippen molar-refractivity contribution in [2.24, 2.45) is 7.05 Å². The smallest absolute Gasteiger partial charge is 0.270 e. The number of carbonyl (C=O) groups excluding carboxylic acids is 1. The number of benzene rings is 1. The van der Waals surface area contributed by atoms with Crippen LogP contribution in [0.3, 0.4) is 0 Å². The minimum atomic E-state index is -0.196. The van der Waals surface area contributed by atoms with Crippen LogP contribution in [-0.2, 0) is 13.6 Å². The Labute approximate surface area is 116 Å². The summed E-state index contributed by atoms with van der Waals surface area (Å²) < 4.78 is 1.87. The largest absolute Gasteiger partial charge is 0.343 e. The number of amides is 1. The molecule has 3 aromatic rings. The van der Waals surface area contributed by atoms with Gasteiger partial charge in [0.05, 0.1) is 12.1 Å². The number of imidazole rings is 1. The van der Waals surface area contributed by atoms with E-state index in [0.717, 1.165) is 16.7 Å². The van der Waals surface area contributed by atoms with Crippen molar-refractivity contribution in [2.45, 2.75) is 6.54 Å². The second-order valence-corrected chi connectivity index (χ2v) is 4.53. The second-order valence-electron chi connectivity index (χ2n) is 4.53. The summed E-state index contributed by atoms with van der Waals surface area (Å²) in [4.78, 5) is 20.6. The van der Waals surface area contributed by atoms with E-state index in [1.54, 1.807) is 12.3 Å². The number of pyridine rings is 1. The number of hydrogen-bond acceptors (Lipinski definition) is 3. The quantitative estimate of drug-likeness (QED) is 0.787. The van der Waals surface area contributed by atoms with E-state index in [2.05, 4.69) is 15.3 Å². The zero-order valence-corrected chi connectivity index (χ0v) is 11.1. The van der Waals surface area contributed by atoms with Crippen LogP contribution < -0.4 is 5.32 Å². The Bertz CT molecular complexity index is 763. The molecule has 0 spiro atoms. The molecule has 3 rings (SSSR count). The van der Waals surface area contributed by atoms with Crippen molar-refractivity contribution >= 4 is 16.8 Å². The van der Waals surface area contributed by atoms with Gasteiger partial charge in [-0.25, -0.2) is 9.97 Å². The van der Waals surface area contributed by atoms with Crippen LogP contribution in [0, 0.1) is 0 Å². The molecule has 0 aliphatic carbocycles. The van der Waals surface area contributed by atoms with Crippen LogP contribution in [0.4, 0.5) is 0 Å². The molecule has 0 bridgehead atoms. The molecule has 0 aliphatic rings. The van der Waals surface area contributed by atoms with Gasteiger partial charge in [-0.15, -0.1) is 0 Å². The van der Waals surface area contributed by atoms with Gasteiger partial charge in [0.25, 0.3) is 5.91 Å². The maximum atomic E-state index is 12.1. The molecule has 1 aromatic carbocycles. The van der Waals surface area contributed by atoms with E-state index in [4.69, 9.17) is 0 Å². The van der Waals surface area contributed by atoms with Gasteiger partial charge in [-0.1, -0.05) is 24.3 Å². The molecule has 1 amide bonds. The SMILES string of the molecule is Cn1ccnc1CNC(=O)c1ccc2ccccc2n1. The predicted molar refractivity (Wildman–Crippen MR) is 76.1 cm³/mol. The third-order valence-corrected chi connectivity index (χ3v) is 3.16. The van der Waals surface area contributed by atoms with Crippen molar-refractivity contribution in [1.82, 2.24) is 19.9 Å². The van der Waals surface area contributed by atoms with E-state index >= 15 is 0 Å². The molecule has 0 atom stereocenters. The number of rotatable bonds is 3. The van der Waals surface area contributed by atoms with Crippen LogP contribution in [0.15, 0.2) is 48.8 Å². The molecule has 2 heterocycles. The molecule has 0 radical (unpaired) electrons. The Morgan fingerprint density at radius 1 is 1.25 bits per heavy atom. The summed E-state index contributed by atoms with van der Waals surface area (Å²) in [6.45, 7) is 0.386. The third-order valence-electron chi connectivity index (χ3n) is 3.16. The minimum absolute atomic E-state index is 0.196. The Morgan fingerprint density at radius 3 is 2.90 bits per heavy atom. The fourth-order valence-corrected chi connectivity index (χ4v) is 2.01. The molecule has 2 aromatic heterocycles. The topological polar surface area (TPSA) is 59.8 Å². The fraction of sp³-hybridized carbons (Fsp3) is 0.133. The molecule has 0 unspecified atom stereocenters. The van der Waals surface area contributed by atoms with Gasteiger partial charge in [0, 0.05) is 24.8 Å². The number of nitrogens with one attached hydrogen (secondary N) is 1. The average Bonchev–Trinajstić information content (AvgIpc) is 2.89. The highest BCUT2D eigenvalue weighted by molar-refractivity contribution is 5.94. The van der Waals surface area contributed by atoms with Gasteiger partial charge in [0.15, 0.2) is 0 Å². The lowest BCUT2D eigenvalue weighted by atomic mass is 10.2. The zero-order valence-electron chi connectivity index (χ0n) is 11.1. The highest BCUT2D eigenvalue weighted by Crippen LogP contribution is 2.11.